The van der Waals surface area contributed by atoms with Gasteiger partial charge in [0.1, 0.15) is 17.7 Å². The number of hydrogen-bond acceptors (Lipinski definition) is 8. The van der Waals surface area contributed by atoms with E-state index in [1.165, 1.54) is 12.4 Å². The number of sulfonamides is 1. The first kappa shape index (κ1) is 25.3. The van der Waals surface area contributed by atoms with Gasteiger partial charge in [0.05, 0.1) is 12.2 Å². The Labute approximate surface area is 208 Å². The third-order valence-corrected chi connectivity index (χ3v) is 7.28. The predicted molar refractivity (Wildman–Crippen MR) is 133 cm³/mol. The Balaban J connectivity index is 1.24. The van der Waals surface area contributed by atoms with Crippen molar-refractivity contribution in [2.75, 3.05) is 23.6 Å². The molecule has 2 aromatic heterocycles. The van der Waals surface area contributed by atoms with E-state index in [-0.39, 0.29) is 35.8 Å². The Morgan fingerprint density at radius 1 is 1.06 bits per heavy atom. The molecule has 0 atom stereocenters. The molecule has 0 bridgehead atoms. The summed E-state index contributed by atoms with van der Waals surface area (Å²) in [4.78, 5) is 33.0. The molecule has 36 heavy (non-hydrogen) atoms. The van der Waals surface area contributed by atoms with Crippen LogP contribution in [0, 0.1) is 16.0 Å². The summed E-state index contributed by atoms with van der Waals surface area (Å²) in [6, 6.07) is 10.4. The highest BCUT2D eigenvalue weighted by atomic mass is 32.2. The number of H-pyrrole nitrogens is 1. The summed E-state index contributed by atoms with van der Waals surface area (Å²) in [5.41, 5.74) is 2.78. The molecule has 190 valence electrons. The number of carbonyl (C=O) groups is 1. The van der Waals surface area contributed by atoms with Crippen LogP contribution in [0.3, 0.4) is 0 Å². The first-order valence-electron chi connectivity index (χ1n) is 11.5. The highest BCUT2D eigenvalue weighted by molar-refractivity contribution is 7.92. The SMILES string of the molecule is O=C(Cc1ccc(NS(=O)(=O)CC2CCNCC2)nc1)NCc1ccc(-c2cnc([N+](=O)[O-])[nH]2)cc1. The average molecular weight is 514 g/mol. The van der Waals surface area contributed by atoms with Crippen molar-refractivity contribution in [3.63, 3.8) is 0 Å². The highest BCUT2D eigenvalue weighted by Gasteiger charge is 2.21. The van der Waals surface area contributed by atoms with Gasteiger partial charge in [0.25, 0.3) is 0 Å². The van der Waals surface area contributed by atoms with E-state index in [0.29, 0.717) is 17.8 Å². The van der Waals surface area contributed by atoms with Crippen LogP contribution in [0.2, 0.25) is 0 Å². The lowest BCUT2D eigenvalue weighted by Crippen LogP contribution is -2.33. The van der Waals surface area contributed by atoms with Crippen molar-refractivity contribution < 1.29 is 18.1 Å². The van der Waals surface area contributed by atoms with E-state index in [2.05, 4.69) is 30.3 Å². The Hall–Kier alpha value is -3.84. The number of nitro groups is 1. The number of benzene rings is 1. The number of amides is 1. The van der Waals surface area contributed by atoms with E-state index < -0.39 is 14.9 Å². The van der Waals surface area contributed by atoms with Gasteiger partial charge in [0.2, 0.25) is 15.9 Å². The molecule has 3 heterocycles. The predicted octanol–water partition coefficient (Wildman–Crippen LogP) is 1.98. The maximum atomic E-state index is 12.4. The van der Waals surface area contributed by atoms with E-state index >= 15 is 0 Å². The van der Waals surface area contributed by atoms with Gasteiger partial charge in [-0.3, -0.25) is 9.52 Å². The van der Waals surface area contributed by atoms with Crippen LogP contribution in [0.15, 0.2) is 48.8 Å². The second-order valence-electron chi connectivity index (χ2n) is 8.66. The number of carbonyl (C=O) groups excluding carboxylic acids is 1. The molecule has 1 fully saturated rings. The maximum Gasteiger partial charge on any atom is 0.432 e. The maximum absolute atomic E-state index is 12.4. The quantitative estimate of drug-likeness (QED) is 0.235. The third-order valence-electron chi connectivity index (χ3n) is 5.85. The van der Waals surface area contributed by atoms with Gasteiger partial charge in [0.15, 0.2) is 0 Å². The van der Waals surface area contributed by atoms with Gasteiger partial charge < -0.3 is 20.7 Å². The van der Waals surface area contributed by atoms with Crippen molar-refractivity contribution in [3.05, 3.63) is 70.0 Å². The molecule has 1 aliphatic heterocycles. The molecule has 1 saturated heterocycles. The van der Waals surface area contributed by atoms with Crippen LogP contribution in [0.4, 0.5) is 11.8 Å². The molecule has 0 spiro atoms. The van der Waals surface area contributed by atoms with Gasteiger partial charge in [0, 0.05) is 18.3 Å². The zero-order chi connectivity index (χ0) is 25.5. The van der Waals surface area contributed by atoms with Gasteiger partial charge in [-0.05, 0) is 54.0 Å². The van der Waals surface area contributed by atoms with Crippen LogP contribution in [0.25, 0.3) is 11.3 Å². The van der Waals surface area contributed by atoms with E-state index in [1.54, 1.807) is 24.3 Å². The van der Waals surface area contributed by atoms with Gasteiger partial charge in [-0.25, -0.2) is 18.4 Å². The fourth-order valence-corrected chi connectivity index (χ4v) is 5.43. The lowest BCUT2D eigenvalue weighted by molar-refractivity contribution is -0.393. The van der Waals surface area contributed by atoms with Crippen LogP contribution in [0.1, 0.15) is 24.0 Å². The lowest BCUT2D eigenvalue weighted by Gasteiger charge is -2.22. The number of pyridine rings is 1. The normalized spacial score (nSPS) is 14.3. The Kier molecular flexibility index (Phi) is 7.90. The minimum Gasteiger partial charge on any atom is -0.390 e. The monoisotopic (exact) mass is 513 g/mol. The summed E-state index contributed by atoms with van der Waals surface area (Å²) in [6.45, 7) is 1.97. The molecule has 3 aromatic rings. The van der Waals surface area contributed by atoms with Crippen LogP contribution >= 0.6 is 0 Å². The summed E-state index contributed by atoms with van der Waals surface area (Å²) < 4.78 is 27.3. The van der Waals surface area contributed by atoms with Crippen LogP contribution in [0.5, 0.6) is 0 Å². The summed E-state index contributed by atoms with van der Waals surface area (Å²) in [5.74, 6) is -0.0861. The van der Waals surface area contributed by atoms with Crippen LogP contribution in [-0.4, -0.2) is 53.0 Å². The van der Waals surface area contributed by atoms with Crippen molar-refractivity contribution in [2.24, 2.45) is 5.92 Å². The topological polar surface area (TPSA) is 172 Å². The molecule has 0 radical (unpaired) electrons. The molecule has 0 unspecified atom stereocenters. The average Bonchev–Trinajstić information content (AvgIpc) is 3.35. The van der Waals surface area contributed by atoms with Gasteiger partial charge in [-0.15, -0.1) is 0 Å². The number of aromatic amines is 1. The molecule has 1 aliphatic rings. The first-order chi connectivity index (χ1) is 17.3. The molecule has 13 heteroatoms. The largest absolute Gasteiger partial charge is 0.432 e. The van der Waals surface area contributed by atoms with Crippen molar-refractivity contribution in [1.29, 1.82) is 0 Å². The standard InChI is InChI=1S/C23H27N7O5S/c31-22(26-12-16-1-4-19(5-2-16)20-14-27-23(28-20)30(32)33)11-18-3-6-21(25-13-18)29-36(34,35)15-17-7-9-24-10-8-17/h1-6,13-14,17,24H,7-12,15H2,(H,25,29)(H,26,31)(H,27,28). The summed E-state index contributed by atoms with van der Waals surface area (Å²) in [5, 5.41) is 16.8. The number of nitrogens with zero attached hydrogens (tertiary/aromatic N) is 3. The van der Waals surface area contributed by atoms with Gasteiger partial charge >= 0.3 is 5.95 Å². The molecule has 1 amide bonds. The zero-order valence-electron chi connectivity index (χ0n) is 19.4. The third kappa shape index (κ3) is 7.09. The molecular weight excluding hydrogens is 486 g/mol. The highest BCUT2D eigenvalue weighted by Crippen LogP contribution is 2.20. The Morgan fingerprint density at radius 2 is 1.78 bits per heavy atom. The molecule has 1 aromatic carbocycles. The number of imidazole rings is 1. The number of piperidine rings is 1. The van der Waals surface area contributed by atoms with E-state index in [4.69, 9.17) is 0 Å². The molecule has 12 nitrogen and oxygen atoms in total. The van der Waals surface area contributed by atoms with E-state index in [1.807, 2.05) is 12.1 Å². The summed E-state index contributed by atoms with van der Waals surface area (Å²) in [6.07, 6.45) is 4.65. The second-order valence-corrected chi connectivity index (χ2v) is 10.4. The number of anilines is 1. The van der Waals surface area contributed by atoms with Gasteiger partial charge in [-0.2, -0.15) is 0 Å². The number of hydrogen-bond donors (Lipinski definition) is 4. The molecule has 0 aliphatic carbocycles. The molecule has 4 rings (SSSR count). The Bertz CT molecular complexity index is 1300. The van der Waals surface area contributed by atoms with Crippen molar-refractivity contribution in [2.45, 2.75) is 25.8 Å². The number of nitrogens with one attached hydrogen (secondary N) is 4. The van der Waals surface area contributed by atoms with Crippen molar-refractivity contribution >= 4 is 27.7 Å². The van der Waals surface area contributed by atoms with Crippen molar-refractivity contribution in [1.82, 2.24) is 25.6 Å². The lowest BCUT2D eigenvalue weighted by atomic mass is 10.0. The summed E-state index contributed by atoms with van der Waals surface area (Å²) in [7, 11) is -3.49. The smallest absolute Gasteiger partial charge is 0.390 e. The van der Waals surface area contributed by atoms with Gasteiger partial charge in [-0.1, -0.05) is 35.3 Å². The Morgan fingerprint density at radius 3 is 2.42 bits per heavy atom. The zero-order valence-corrected chi connectivity index (χ0v) is 20.3. The van der Waals surface area contributed by atoms with E-state index in [0.717, 1.165) is 37.1 Å². The van der Waals surface area contributed by atoms with Crippen molar-refractivity contribution in [3.8, 4) is 11.3 Å². The molecule has 0 saturated carbocycles. The van der Waals surface area contributed by atoms with E-state index in [9.17, 15) is 23.3 Å². The number of rotatable bonds is 10. The number of aromatic nitrogens is 3. The fraction of sp³-hybridized carbons (Fsp3) is 0.348. The van der Waals surface area contributed by atoms with Crippen LogP contribution < -0.4 is 15.4 Å². The first-order valence-corrected chi connectivity index (χ1v) is 13.1. The second kappa shape index (κ2) is 11.3. The molecular formula is C23H27N7O5S. The summed E-state index contributed by atoms with van der Waals surface area (Å²) >= 11 is 0. The fourth-order valence-electron chi connectivity index (χ4n) is 3.95. The minimum atomic E-state index is -3.49. The van der Waals surface area contributed by atoms with Crippen LogP contribution in [-0.2, 0) is 27.8 Å². The minimum absolute atomic E-state index is 0.0727. The molecule has 4 N–H and O–H groups in total.